The van der Waals surface area contributed by atoms with E-state index < -0.39 is 0 Å². The summed E-state index contributed by atoms with van der Waals surface area (Å²) in [6, 6.07) is 17.2. The van der Waals surface area contributed by atoms with Gasteiger partial charge in [-0.15, -0.1) is 0 Å². The third-order valence-electron chi connectivity index (χ3n) is 4.81. The Bertz CT molecular complexity index is 1070. The Labute approximate surface area is 150 Å². The molecule has 0 atom stereocenters. The van der Waals surface area contributed by atoms with Crippen molar-refractivity contribution in [2.24, 2.45) is 0 Å². The van der Waals surface area contributed by atoms with Gasteiger partial charge in [-0.1, -0.05) is 30.3 Å². The maximum absolute atomic E-state index is 12.4. The molecule has 0 radical (unpaired) electrons. The van der Waals surface area contributed by atoms with E-state index in [0.29, 0.717) is 11.3 Å². The van der Waals surface area contributed by atoms with Crippen LogP contribution in [0.1, 0.15) is 22.8 Å². The highest BCUT2D eigenvalue weighted by molar-refractivity contribution is 6.04. The first-order valence-electron chi connectivity index (χ1n) is 8.73. The summed E-state index contributed by atoms with van der Waals surface area (Å²) in [5.74, 6) is 1.21. The second kappa shape index (κ2) is 5.88. The van der Waals surface area contributed by atoms with Gasteiger partial charge < -0.3 is 14.3 Å². The fourth-order valence-corrected chi connectivity index (χ4v) is 3.50. The van der Waals surface area contributed by atoms with Gasteiger partial charge in [-0.05, 0) is 36.2 Å². The highest BCUT2D eigenvalue weighted by atomic mass is 16.3. The molecule has 1 amide bonds. The molecule has 0 bridgehead atoms. The van der Waals surface area contributed by atoms with Crippen molar-refractivity contribution < 1.29 is 9.21 Å². The number of nitrogens with zero attached hydrogens (tertiary/aromatic N) is 2. The lowest BCUT2D eigenvalue weighted by Crippen LogP contribution is -2.10. The van der Waals surface area contributed by atoms with Gasteiger partial charge in [-0.2, -0.15) is 0 Å². The number of para-hydroxylation sites is 1. The summed E-state index contributed by atoms with van der Waals surface area (Å²) >= 11 is 0. The van der Waals surface area contributed by atoms with E-state index in [9.17, 15) is 4.79 Å². The van der Waals surface area contributed by atoms with Gasteiger partial charge in [-0.3, -0.25) is 4.79 Å². The normalized spacial score (nSPS) is 13.1. The summed E-state index contributed by atoms with van der Waals surface area (Å²) in [5.41, 5.74) is 3.68. The average molecular weight is 343 g/mol. The quantitative estimate of drug-likeness (QED) is 0.596. The SMILES string of the molecule is O=C(Nc1ccc(-c2cnc3n2CCC3)cc1)c1cc2ccccc2o1. The number of carbonyl (C=O) groups excluding carboxylic acids is 1. The van der Waals surface area contributed by atoms with Crippen LogP contribution in [-0.2, 0) is 13.0 Å². The molecule has 2 aromatic carbocycles. The molecule has 4 aromatic rings. The molecule has 1 aliphatic heterocycles. The lowest BCUT2D eigenvalue weighted by atomic mass is 10.1. The molecule has 1 aliphatic rings. The summed E-state index contributed by atoms with van der Waals surface area (Å²) in [5, 5.41) is 3.81. The van der Waals surface area contributed by atoms with Crippen molar-refractivity contribution >= 4 is 22.6 Å². The minimum Gasteiger partial charge on any atom is -0.451 e. The van der Waals surface area contributed by atoms with Gasteiger partial charge in [0.05, 0.1) is 11.9 Å². The van der Waals surface area contributed by atoms with Crippen molar-refractivity contribution in [2.45, 2.75) is 19.4 Å². The largest absolute Gasteiger partial charge is 0.451 e. The second-order valence-electron chi connectivity index (χ2n) is 6.49. The van der Waals surface area contributed by atoms with Gasteiger partial charge >= 0.3 is 0 Å². The van der Waals surface area contributed by atoms with E-state index in [-0.39, 0.29) is 5.91 Å². The van der Waals surface area contributed by atoms with Crippen molar-refractivity contribution in [1.82, 2.24) is 9.55 Å². The molecule has 26 heavy (non-hydrogen) atoms. The number of fused-ring (bicyclic) bond motifs is 2. The van der Waals surface area contributed by atoms with Crippen LogP contribution in [0.25, 0.3) is 22.2 Å². The van der Waals surface area contributed by atoms with Crippen molar-refractivity contribution in [2.75, 3.05) is 5.32 Å². The maximum Gasteiger partial charge on any atom is 0.291 e. The van der Waals surface area contributed by atoms with Crippen molar-refractivity contribution in [3.8, 4) is 11.3 Å². The number of aromatic nitrogens is 2. The molecule has 0 aliphatic carbocycles. The van der Waals surface area contributed by atoms with Crippen LogP contribution in [0.2, 0.25) is 0 Å². The third-order valence-corrected chi connectivity index (χ3v) is 4.81. The Kier molecular flexibility index (Phi) is 3.38. The third kappa shape index (κ3) is 2.49. The minimum absolute atomic E-state index is 0.251. The monoisotopic (exact) mass is 343 g/mol. The molecule has 0 unspecified atom stereocenters. The summed E-state index contributed by atoms with van der Waals surface area (Å²) in [6.07, 6.45) is 4.13. The predicted molar refractivity (Wildman–Crippen MR) is 100 cm³/mol. The van der Waals surface area contributed by atoms with Crippen LogP contribution in [0, 0.1) is 0 Å². The number of hydrogen-bond donors (Lipinski definition) is 1. The molecule has 128 valence electrons. The smallest absolute Gasteiger partial charge is 0.291 e. The van der Waals surface area contributed by atoms with Crippen LogP contribution >= 0.6 is 0 Å². The predicted octanol–water partition coefficient (Wildman–Crippen LogP) is 4.49. The Morgan fingerprint density at radius 3 is 2.81 bits per heavy atom. The number of rotatable bonds is 3. The number of aryl methyl sites for hydroxylation is 1. The van der Waals surface area contributed by atoms with E-state index in [1.54, 1.807) is 6.07 Å². The zero-order valence-corrected chi connectivity index (χ0v) is 14.1. The molecule has 0 fully saturated rings. The molecule has 5 heteroatoms. The lowest BCUT2D eigenvalue weighted by Gasteiger charge is -2.07. The van der Waals surface area contributed by atoms with E-state index in [0.717, 1.165) is 47.5 Å². The first-order valence-corrected chi connectivity index (χ1v) is 8.73. The number of amides is 1. The number of benzene rings is 2. The fraction of sp³-hybridized carbons (Fsp3) is 0.143. The van der Waals surface area contributed by atoms with Gasteiger partial charge in [0, 0.05) is 24.0 Å². The standard InChI is InChI=1S/C21H17N3O2/c25-21(19-12-15-4-1-2-5-18(15)26-19)23-16-9-7-14(8-10-16)17-13-22-20-6-3-11-24(17)20/h1-2,4-5,7-10,12-13H,3,6,11H2,(H,23,25). The number of carbonyl (C=O) groups is 1. The molecular formula is C21H17N3O2. The molecule has 2 aromatic heterocycles. The molecule has 5 nitrogen and oxygen atoms in total. The number of nitrogens with one attached hydrogen (secondary N) is 1. The van der Waals surface area contributed by atoms with Crippen molar-refractivity contribution in [3.05, 3.63) is 72.4 Å². The Hall–Kier alpha value is -3.34. The lowest BCUT2D eigenvalue weighted by molar-refractivity contribution is 0.0998. The van der Waals surface area contributed by atoms with E-state index in [2.05, 4.69) is 14.9 Å². The molecule has 1 N–H and O–H groups in total. The Morgan fingerprint density at radius 2 is 1.96 bits per heavy atom. The van der Waals surface area contributed by atoms with Crippen LogP contribution in [0.4, 0.5) is 5.69 Å². The van der Waals surface area contributed by atoms with Crippen LogP contribution in [0.3, 0.4) is 0 Å². The molecule has 0 spiro atoms. The number of imidazole rings is 1. The maximum atomic E-state index is 12.4. The van der Waals surface area contributed by atoms with Crippen molar-refractivity contribution in [1.29, 1.82) is 0 Å². The van der Waals surface area contributed by atoms with Gasteiger partial charge in [0.1, 0.15) is 11.4 Å². The zero-order valence-electron chi connectivity index (χ0n) is 14.1. The van der Waals surface area contributed by atoms with Crippen LogP contribution in [0.15, 0.2) is 65.2 Å². The Balaban J connectivity index is 1.36. The molecule has 3 heterocycles. The summed E-state index contributed by atoms with van der Waals surface area (Å²) in [7, 11) is 0. The van der Waals surface area contributed by atoms with E-state index in [4.69, 9.17) is 4.42 Å². The van der Waals surface area contributed by atoms with Gasteiger partial charge in [0.25, 0.3) is 5.91 Å². The summed E-state index contributed by atoms with van der Waals surface area (Å²) in [4.78, 5) is 16.9. The zero-order chi connectivity index (χ0) is 17.5. The van der Waals surface area contributed by atoms with Gasteiger partial charge in [-0.25, -0.2) is 4.98 Å². The highest BCUT2D eigenvalue weighted by Gasteiger charge is 2.17. The van der Waals surface area contributed by atoms with E-state index in [1.165, 1.54) is 0 Å². The van der Waals surface area contributed by atoms with Crippen LogP contribution in [0.5, 0.6) is 0 Å². The average Bonchev–Trinajstić information content (AvgIpc) is 3.37. The first kappa shape index (κ1) is 15.0. The van der Waals surface area contributed by atoms with Crippen molar-refractivity contribution in [3.63, 3.8) is 0 Å². The Morgan fingerprint density at radius 1 is 1.12 bits per heavy atom. The number of hydrogen-bond acceptors (Lipinski definition) is 3. The summed E-state index contributed by atoms with van der Waals surface area (Å²) in [6.45, 7) is 1.02. The minimum atomic E-state index is -0.251. The molecule has 5 rings (SSSR count). The summed E-state index contributed by atoms with van der Waals surface area (Å²) < 4.78 is 7.88. The van der Waals surface area contributed by atoms with Gasteiger partial charge in [0.2, 0.25) is 0 Å². The van der Waals surface area contributed by atoms with Gasteiger partial charge in [0.15, 0.2) is 5.76 Å². The van der Waals surface area contributed by atoms with Crippen LogP contribution in [-0.4, -0.2) is 15.5 Å². The van der Waals surface area contributed by atoms with E-state index >= 15 is 0 Å². The number of anilines is 1. The topological polar surface area (TPSA) is 60.1 Å². The highest BCUT2D eigenvalue weighted by Crippen LogP contribution is 2.27. The van der Waals surface area contributed by atoms with Crippen LogP contribution < -0.4 is 5.32 Å². The first-order chi connectivity index (χ1) is 12.8. The second-order valence-corrected chi connectivity index (χ2v) is 6.49. The fourth-order valence-electron chi connectivity index (χ4n) is 3.50. The van der Waals surface area contributed by atoms with E-state index in [1.807, 2.05) is 54.7 Å². The molecular weight excluding hydrogens is 326 g/mol. The number of furan rings is 1. The molecule has 0 saturated carbocycles. The molecule has 0 saturated heterocycles.